The van der Waals surface area contributed by atoms with E-state index in [9.17, 15) is 9.00 Å². The summed E-state index contributed by atoms with van der Waals surface area (Å²) in [7, 11) is -2.46. The standard InChI is InChI=1S/C9H19NO3S/c1-9(2,3)8(12)10-14(4,13)7-5-6-11/h11H,5-7H2,1-4H3/t14-/m1/s1. The second-order valence-corrected chi connectivity index (χ2v) is 6.90. The lowest BCUT2D eigenvalue weighted by Gasteiger charge is -2.13. The smallest absolute Gasteiger partial charge is 0.259 e. The topological polar surface area (TPSA) is 66.7 Å². The van der Waals surface area contributed by atoms with Crippen LogP contribution in [0.25, 0.3) is 0 Å². The van der Waals surface area contributed by atoms with Crippen molar-refractivity contribution >= 4 is 15.6 Å². The van der Waals surface area contributed by atoms with Gasteiger partial charge in [-0.05, 0) is 6.42 Å². The van der Waals surface area contributed by atoms with Crippen LogP contribution in [0.5, 0.6) is 0 Å². The number of aliphatic hydroxyl groups is 1. The second kappa shape index (κ2) is 4.89. The molecule has 0 aliphatic heterocycles. The zero-order valence-electron chi connectivity index (χ0n) is 9.24. The number of aliphatic hydroxyl groups excluding tert-OH is 1. The Balaban J connectivity index is 4.65. The first-order chi connectivity index (χ1) is 6.19. The fourth-order valence-corrected chi connectivity index (χ4v) is 2.07. The van der Waals surface area contributed by atoms with Crippen LogP contribution in [0.15, 0.2) is 4.36 Å². The third-order valence-corrected chi connectivity index (χ3v) is 3.20. The molecule has 0 radical (unpaired) electrons. The third kappa shape index (κ3) is 5.34. The maximum atomic E-state index is 11.7. The van der Waals surface area contributed by atoms with Crippen LogP contribution in [0.2, 0.25) is 0 Å². The number of hydrogen-bond acceptors (Lipinski definition) is 3. The Hall–Kier alpha value is -0.420. The van der Waals surface area contributed by atoms with E-state index in [4.69, 9.17) is 5.11 Å². The minimum absolute atomic E-state index is 0.0238. The van der Waals surface area contributed by atoms with Crippen molar-refractivity contribution < 1.29 is 14.1 Å². The highest BCUT2D eigenvalue weighted by Crippen LogP contribution is 2.16. The lowest BCUT2D eigenvalue weighted by molar-refractivity contribution is -0.124. The molecule has 0 aromatic rings. The van der Waals surface area contributed by atoms with Gasteiger partial charge in [0.1, 0.15) is 0 Å². The van der Waals surface area contributed by atoms with Crippen molar-refractivity contribution in [3.05, 3.63) is 0 Å². The van der Waals surface area contributed by atoms with Crippen molar-refractivity contribution in [2.24, 2.45) is 9.78 Å². The van der Waals surface area contributed by atoms with E-state index < -0.39 is 15.1 Å². The van der Waals surface area contributed by atoms with E-state index in [-0.39, 0.29) is 18.3 Å². The first-order valence-corrected chi connectivity index (χ1v) is 6.63. The van der Waals surface area contributed by atoms with Gasteiger partial charge in [0.25, 0.3) is 5.91 Å². The zero-order valence-corrected chi connectivity index (χ0v) is 10.1. The summed E-state index contributed by atoms with van der Waals surface area (Å²) in [6.07, 6.45) is 1.86. The van der Waals surface area contributed by atoms with E-state index >= 15 is 0 Å². The van der Waals surface area contributed by atoms with Crippen molar-refractivity contribution in [1.29, 1.82) is 0 Å². The lowest BCUT2D eigenvalue weighted by Crippen LogP contribution is -2.20. The molecule has 0 aliphatic rings. The van der Waals surface area contributed by atoms with Crippen LogP contribution in [-0.2, 0) is 14.5 Å². The first-order valence-electron chi connectivity index (χ1n) is 4.54. The quantitative estimate of drug-likeness (QED) is 0.774. The molecule has 14 heavy (non-hydrogen) atoms. The summed E-state index contributed by atoms with van der Waals surface area (Å²) in [5.74, 6) is -0.0753. The summed E-state index contributed by atoms with van der Waals surface area (Å²) in [6, 6.07) is 0. The molecule has 0 aromatic carbocycles. The van der Waals surface area contributed by atoms with Crippen LogP contribution in [0, 0.1) is 5.41 Å². The number of rotatable bonds is 3. The summed E-state index contributed by atoms with van der Waals surface area (Å²) in [5.41, 5.74) is -0.585. The van der Waals surface area contributed by atoms with Gasteiger partial charge >= 0.3 is 0 Å². The molecule has 0 saturated heterocycles. The van der Waals surface area contributed by atoms with Crippen molar-refractivity contribution in [3.8, 4) is 0 Å². The molecular formula is C9H19NO3S. The molecule has 0 spiro atoms. The van der Waals surface area contributed by atoms with Gasteiger partial charge in [-0.3, -0.25) is 4.79 Å². The summed E-state index contributed by atoms with van der Waals surface area (Å²) >= 11 is 0. The fourth-order valence-electron chi connectivity index (χ4n) is 0.690. The van der Waals surface area contributed by atoms with Gasteiger partial charge in [-0.25, -0.2) is 4.21 Å². The lowest BCUT2D eigenvalue weighted by atomic mass is 9.96. The molecule has 0 heterocycles. The molecular weight excluding hydrogens is 202 g/mol. The predicted octanol–water partition coefficient (Wildman–Crippen LogP) is 1.04. The molecule has 1 N–H and O–H groups in total. The summed E-state index contributed by atoms with van der Waals surface area (Å²) in [4.78, 5) is 11.4. The van der Waals surface area contributed by atoms with Crippen molar-refractivity contribution in [3.63, 3.8) is 0 Å². The normalized spacial score (nSPS) is 16.1. The zero-order chi connectivity index (χ0) is 11.4. The van der Waals surface area contributed by atoms with Gasteiger partial charge in [0.05, 0.1) is 9.73 Å². The number of carbonyl (C=O) groups excluding carboxylic acids is 1. The summed E-state index contributed by atoms with van der Waals surface area (Å²) in [5, 5.41) is 8.57. The molecule has 0 aliphatic carbocycles. The number of nitrogens with zero attached hydrogens (tertiary/aromatic N) is 1. The largest absolute Gasteiger partial charge is 0.396 e. The molecule has 0 unspecified atom stereocenters. The molecule has 0 aromatic heterocycles. The van der Waals surface area contributed by atoms with Gasteiger partial charge < -0.3 is 5.11 Å². The summed E-state index contributed by atoms with van der Waals surface area (Å²) < 4.78 is 15.4. The molecule has 1 atom stereocenters. The highest BCUT2D eigenvalue weighted by Gasteiger charge is 2.22. The predicted molar refractivity (Wildman–Crippen MR) is 57.5 cm³/mol. The van der Waals surface area contributed by atoms with E-state index in [1.807, 2.05) is 0 Å². The SMILES string of the molecule is CC(C)(C)C(=O)N=[S@](C)(=O)CCCO. The number of amides is 1. The van der Waals surface area contributed by atoms with Gasteiger partial charge in [-0.2, -0.15) is 4.36 Å². The Kier molecular flexibility index (Phi) is 4.74. The van der Waals surface area contributed by atoms with Crippen LogP contribution in [0.4, 0.5) is 0 Å². The molecule has 5 heteroatoms. The van der Waals surface area contributed by atoms with Crippen molar-refractivity contribution in [1.82, 2.24) is 0 Å². The van der Waals surface area contributed by atoms with Crippen LogP contribution in [0.3, 0.4) is 0 Å². The molecule has 0 bridgehead atoms. The van der Waals surface area contributed by atoms with E-state index in [1.54, 1.807) is 20.8 Å². The Morgan fingerprint density at radius 2 is 1.93 bits per heavy atom. The van der Waals surface area contributed by atoms with Gasteiger partial charge in [-0.1, -0.05) is 20.8 Å². The monoisotopic (exact) mass is 221 g/mol. The summed E-state index contributed by atoms with van der Waals surface area (Å²) in [6.45, 7) is 5.19. The molecule has 0 saturated carbocycles. The minimum atomic E-state index is -2.46. The molecule has 0 fully saturated rings. The highest BCUT2D eigenvalue weighted by molar-refractivity contribution is 7.93. The number of hydrogen-bond donors (Lipinski definition) is 1. The molecule has 4 nitrogen and oxygen atoms in total. The number of carbonyl (C=O) groups is 1. The van der Waals surface area contributed by atoms with Crippen LogP contribution < -0.4 is 0 Å². The Morgan fingerprint density at radius 1 is 1.43 bits per heavy atom. The van der Waals surface area contributed by atoms with E-state index in [1.165, 1.54) is 6.26 Å². The molecule has 1 amide bonds. The maximum absolute atomic E-state index is 11.7. The molecule has 0 rings (SSSR count). The first kappa shape index (κ1) is 13.6. The third-order valence-electron chi connectivity index (χ3n) is 1.60. The average Bonchev–Trinajstić information content (AvgIpc) is 1.98. The van der Waals surface area contributed by atoms with Gasteiger partial charge in [-0.15, -0.1) is 0 Å². The van der Waals surface area contributed by atoms with Gasteiger partial charge in [0, 0.05) is 24.0 Å². The Bertz CT molecular complexity index is 309. The van der Waals surface area contributed by atoms with Crippen molar-refractivity contribution in [2.45, 2.75) is 27.2 Å². The fraction of sp³-hybridized carbons (Fsp3) is 0.889. The maximum Gasteiger partial charge on any atom is 0.259 e. The van der Waals surface area contributed by atoms with Gasteiger partial charge in [0.2, 0.25) is 0 Å². The Labute approximate surface area is 85.9 Å². The minimum Gasteiger partial charge on any atom is -0.396 e. The van der Waals surface area contributed by atoms with E-state index in [0.29, 0.717) is 6.42 Å². The van der Waals surface area contributed by atoms with Crippen molar-refractivity contribution in [2.75, 3.05) is 18.6 Å². The van der Waals surface area contributed by atoms with Crippen LogP contribution >= 0.6 is 0 Å². The second-order valence-electron chi connectivity index (χ2n) is 4.39. The van der Waals surface area contributed by atoms with Crippen LogP contribution in [-0.4, -0.2) is 33.8 Å². The average molecular weight is 221 g/mol. The van der Waals surface area contributed by atoms with E-state index in [0.717, 1.165) is 0 Å². The molecule has 84 valence electrons. The van der Waals surface area contributed by atoms with Crippen LogP contribution in [0.1, 0.15) is 27.2 Å². The van der Waals surface area contributed by atoms with E-state index in [2.05, 4.69) is 4.36 Å². The highest BCUT2D eigenvalue weighted by atomic mass is 32.2. The Morgan fingerprint density at radius 3 is 2.29 bits per heavy atom. The van der Waals surface area contributed by atoms with Gasteiger partial charge in [0.15, 0.2) is 0 Å².